The number of ether oxygens (including phenoxy) is 3. The van der Waals surface area contributed by atoms with Crippen molar-refractivity contribution in [2.24, 2.45) is 0 Å². The number of aliphatic hydroxyl groups is 1. The lowest BCUT2D eigenvalue weighted by molar-refractivity contribution is -0.209. The van der Waals surface area contributed by atoms with Crippen molar-refractivity contribution in [2.75, 3.05) is 13.2 Å². The van der Waals surface area contributed by atoms with Gasteiger partial charge in [-0.3, -0.25) is 0 Å². The first kappa shape index (κ1) is 14.8. The number of rotatable bonds is 3. The molecule has 2 atom stereocenters. The van der Waals surface area contributed by atoms with Gasteiger partial charge < -0.3 is 19.3 Å². The largest absolute Gasteiger partial charge is 0.488 e. The highest BCUT2D eigenvalue weighted by atomic mass is 16.7. The van der Waals surface area contributed by atoms with Crippen molar-refractivity contribution in [1.82, 2.24) is 0 Å². The molecule has 4 nitrogen and oxygen atoms in total. The van der Waals surface area contributed by atoms with E-state index in [9.17, 15) is 5.11 Å². The van der Waals surface area contributed by atoms with Gasteiger partial charge in [0.1, 0.15) is 11.9 Å². The summed E-state index contributed by atoms with van der Waals surface area (Å²) in [5.41, 5.74) is 1.28. The Hall–Kier alpha value is -1.10. The summed E-state index contributed by atoms with van der Waals surface area (Å²) < 4.78 is 17.4. The molecule has 2 fully saturated rings. The first-order valence-electron chi connectivity index (χ1n) is 7.81. The zero-order valence-electron chi connectivity index (χ0n) is 12.7. The van der Waals surface area contributed by atoms with E-state index in [0.717, 1.165) is 12.2 Å². The lowest BCUT2D eigenvalue weighted by Gasteiger charge is -2.38. The van der Waals surface area contributed by atoms with E-state index in [2.05, 4.69) is 26.0 Å². The van der Waals surface area contributed by atoms with Crippen LogP contribution in [0.4, 0.5) is 0 Å². The molecular formula is C17H24O4. The molecule has 2 unspecified atom stereocenters. The third kappa shape index (κ3) is 3.23. The van der Waals surface area contributed by atoms with E-state index in [1.165, 1.54) is 5.56 Å². The molecule has 1 aliphatic heterocycles. The maximum Gasteiger partial charge on any atom is 0.172 e. The van der Waals surface area contributed by atoms with Gasteiger partial charge in [0.2, 0.25) is 0 Å². The van der Waals surface area contributed by atoms with Crippen LogP contribution in [0, 0.1) is 0 Å². The standard InChI is InChI=1S/C17H24O4/c1-12(2)13-3-5-14(6-4-13)21-16-11-17(8-7-15(16)18)19-9-10-20-17/h3-6,12,15-16,18H,7-11H2,1-2H3. The monoisotopic (exact) mass is 292 g/mol. The van der Waals surface area contributed by atoms with E-state index >= 15 is 0 Å². The van der Waals surface area contributed by atoms with Gasteiger partial charge in [0, 0.05) is 12.8 Å². The van der Waals surface area contributed by atoms with Crippen LogP contribution >= 0.6 is 0 Å². The zero-order valence-corrected chi connectivity index (χ0v) is 12.7. The van der Waals surface area contributed by atoms with E-state index < -0.39 is 11.9 Å². The average molecular weight is 292 g/mol. The molecule has 1 aromatic rings. The SMILES string of the molecule is CC(C)c1ccc(OC2CC3(CCC2O)OCCO3)cc1. The lowest BCUT2D eigenvalue weighted by atomic mass is 9.89. The van der Waals surface area contributed by atoms with Crippen LogP contribution in [0.3, 0.4) is 0 Å². The first-order chi connectivity index (χ1) is 10.1. The summed E-state index contributed by atoms with van der Waals surface area (Å²) >= 11 is 0. The van der Waals surface area contributed by atoms with Crippen LogP contribution in [0.25, 0.3) is 0 Å². The molecular weight excluding hydrogens is 268 g/mol. The molecule has 116 valence electrons. The fourth-order valence-electron chi connectivity index (χ4n) is 3.08. The average Bonchev–Trinajstić information content (AvgIpc) is 2.92. The highest BCUT2D eigenvalue weighted by Gasteiger charge is 2.45. The van der Waals surface area contributed by atoms with Gasteiger partial charge in [-0.2, -0.15) is 0 Å². The maximum absolute atomic E-state index is 10.2. The summed E-state index contributed by atoms with van der Waals surface area (Å²) in [5, 5.41) is 10.2. The highest BCUT2D eigenvalue weighted by Crippen LogP contribution is 2.37. The van der Waals surface area contributed by atoms with Gasteiger partial charge in [-0.05, 0) is 30.0 Å². The molecule has 1 spiro atoms. The number of aliphatic hydroxyl groups excluding tert-OH is 1. The highest BCUT2D eigenvalue weighted by molar-refractivity contribution is 5.29. The Kier molecular flexibility index (Phi) is 4.20. The fourth-order valence-corrected chi connectivity index (χ4v) is 3.08. The predicted octanol–water partition coefficient (Wildman–Crippen LogP) is 2.85. The van der Waals surface area contributed by atoms with Gasteiger partial charge in [0.15, 0.2) is 5.79 Å². The lowest BCUT2D eigenvalue weighted by Crippen LogP contribution is -2.47. The normalized spacial score (nSPS) is 28.2. The van der Waals surface area contributed by atoms with E-state index in [1.54, 1.807) is 0 Å². The third-order valence-electron chi connectivity index (χ3n) is 4.41. The second-order valence-electron chi connectivity index (χ2n) is 6.30. The van der Waals surface area contributed by atoms with Gasteiger partial charge in [-0.15, -0.1) is 0 Å². The van der Waals surface area contributed by atoms with Crippen molar-refractivity contribution in [2.45, 2.75) is 57.0 Å². The van der Waals surface area contributed by atoms with Crippen molar-refractivity contribution in [3.8, 4) is 5.75 Å². The molecule has 2 aliphatic rings. The van der Waals surface area contributed by atoms with Crippen LogP contribution in [0.15, 0.2) is 24.3 Å². The number of benzene rings is 1. The third-order valence-corrected chi connectivity index (χ3v) is 4.41. The molecule has 0 bridgehead atoms. The van der Waals surface area contributed by atoms with E-state index in [4.69, 9.17) is 14.2 Å². The Bertz CT molecular complexity index is 462. The summed E-state index contributed by atoms with van der Waals surface area (Å²) in [6, 6.07) is 8.10. The van der Waals surface area contributed by atoms with Crippen molar-refractivity contribution in [1.29, 1.82) is 0 Å². The Balaban J connectivity index is 1.67. The van der Waals surface area contributed by atoms with Gasteiger partial charge in [-0.25, -0.2) is 0 Å². The van der Waals surface area contributed by atoms with Gasteiger partial charge >= 0.3 is 0 Å². The van der Waals surface area contributed by atoms with Crippen molar-refractivity contribution < 1.29 is 19.3 Å². The molecule has 1 aliphatic carbocycles. The van der Waals surface area contributed by atoms with Crippen LogP contribution in [0.2, 0.25) is 0 Å². The molecule has 0 aromatic heterocycles. The molecule has 1 saturated carbocycles. The minimum Gasteiger partial charge on any atom is -0.488 e. The molecule has 4 heteroatoms. The molecule has 0 radical (unpaired) electrons. The summed E-state index contributed by atoms with van der Waals surface area (Å²) in [6.45, 7) is 5.59. The summed E-state index contributed by atoms with van der Waals surface area (Å²) in [7, 11) is 0. The Labute approximate surface area is 126 Å². The van der Waals surface area contributed by atoms with Crippen LogP contribution < -0.4 is 4.74 Å². The Morgan fingerprint density at radius 3 is 2.48 bits per heavy atom. The number of hydrogen-bond donors (Lipinski definition) is 1. The second-order valence-corrected chi connectivity index (χ2v) is 6.30. The molecule has 3 rings (SSSR count). The van der Waals surface area contributed by atoms with E-state index in [1.807, 2.05) is 12.1 Å². The fraction of sp³-hybridized carbons (Fsp3) is 0.647. The molecule has 1 N–H and O–H groups in total. The van der Waals surface area contributed by atoms with Gasteiger partial charge in [0.25, 0.3) is 0 Å². The summed E-state index contributed by atoms with van der Waals surface area (Å²) in [5.74, 6) is 0.753. The molecule has 1 heterocycles. The van der Waals surface area contributed by atoms with Crippen LogP contribution in [0.5, 0.6) is 5.75 Å². The summed E-state index contributed by atoms with van der Waals surface area (Å²) in [4.78, 5) is 0. The van der Waals surface area contributed by atoms with Crippen molar-refractivity contribution in [3.05, 3.63) is 29.8 Å². The minimum absolute atomic E-state index is 0.276. The Morgan fingerprint density at radius 1 is 1.19 bits per heavy atom. The van der Waals surface area contributed by atoms with E-state index in [-0.39, 0.29) is 6.10 Å². The molecule has 21 heavy (non-hydrogen) atoms. The van der Waals surface area contributed by atoms with Crippen molar-refractivity contribution >= 4 is 0 Å². The van der Waals surface area contributed by atoms with Gasteiger partial charge in [0.05, 0.1) is 19.3 Å². The quantitative estimate of drug-likeness (QED) is 0.930. The molecule has 0 amide bonds. The summed E-state index contributed by atoms with van der Waals surface area (Å²) in [6.07, 6.45) is 1.23. The Morgan fingerprint density at radius 2 is 1.86 bits per heavy atom. The minimum atomic E-state index is -0.540. The smallest absolute Gasteiger partial charge is 0.172 e. The maximum atomic E-state index is 10.2. The van der Waals surface area contributed by atoms with Crippen LogP contribution in [0.1, 0.15) is 44.6 Å². The molecule has 1 saturated heterocycles. The van der Waals surface area contributed by atoms with Crippen LogP contribution in [-0.4, -0.2) is 36.3 Å². The van der Waals surface area contributed by atoms with Gasteiger partial charge in [-0.1, -0.05) is 26.0 Å². The zero-order chi connectivity index (χ0) is 14.9. The van der Waals surface area contributed by atoms with E-state index in [0.29, 0.717) is 32.0 Å². The molecule has 1 aromatic carbocycles. The first-order valence-corrected chi connectivity index (χ1v) is 7.81. The topological polar surface area (TPSA) is 47.9 Å². The predicted molar refractivity (Wildman–Crippen MR) is 79.4 cm³/mol. The van der Waals surface area contributed by atoms with Crippen LogP contribution in [-0.2, 0) is 9.47 Å². The van der Waals surface area contributed by atoms with Crippen molar-refractivity contribution in [3.63, 3.8) is 0 Å². The second kappa shape index (κ2) is 5.95. The number of hydrogen-bond acceptors (Lipinski definition) is 4.